The highest BCUT2D eigenvalue weighted by Gasteiger charge is 2.26. The van der Waals surface area contributed by atoms with Crippen molar-refractivity contribution in [3.05, 3.63) is 92.6 Å². The van der Waals surface area contributed by atoms with Crippen molar-refractivity contribution in [1.29, 1.82) is 0 Å². The highest BCUT2D eigenvalue weighted by Crippen LogP contribution is 2.20. The Kier molecular flexibility index (Phi) is 6.15. The molecule has 1 aliphatic rings. The first-order chi connectivity index (χ1) is 14.9. The Morgan fingerprint density at radius 3 is 2.45 bits per heavy atom. The zero-order valence-corrected chi connectivity index (χ0v) is 17.8. The van der Waals surface area contributed by atoms with Crippen molar-refractivity contribution in [3.8, 4) is 5.69 Å². The van der Waals surface area contributed by atoms with E-state index in [1.807, 2.05) is 12.1 Å². The van der Waals surface area contributed by atoms with E-state index in [0.717, 1.165) is 0 Å². The Bertz CT molecular complexity index is 1170. The molecule has 0 saturated carbocycles. The number of aromatic nitrogens is 2. The minimum atomic E-state index is -0.417. The number of rotatable bonds is 4. The Morgan fingerprint density at radius 1 is 1.06 bits per heavy atom. The summed E-state index contributed by atoms with van der Waals surface area (Å²) in [6, 6.07) is 15.2. The van der Waals surface area contributed by atoms with Gasteiger partial charge in [0, 0.05) is 50.0 Å². The summed E-state index contributed by atoms with van der Waals surface area (Å²) in [6.07, 6.45) is 0. The van der Waals surface area contributed by atoms with Gasteiger partial charge in [-0.15, -0.1) is 0 Å². The quantitative estimate of drug-likeness (QED) is 0.624. The molecule has 0 bridgehead atoms. The summed E-state index contributed by atoms with van der Waals surface area (Å²) in [4.78, 5) is 29.3. The normalized spacial score (nSPS) is 14.6. The van der Waals surface area contributed by atoms with Crippen LogP contribution in [0.25, 0.3) is 5.69 Å². The molecule has 4 rings (SSSR count). The van der Waals surface area contributed by atoms with Crippen LogP contribution in [0.4, 0.5) is 4.39 Å². The summed E-state index contributed by atoms with van der Waals surface area (Å²) in [6.45, 7) is 4.28. The number of amides is 1. The zero-order chi connectivity index (χ0) is 22.0. The molecule has 0 spiro atoms. The lowest BCUT2D eigenvalue weighted by Gasteiger charge is -2.34. The van der Waals surface area contributed by atoms with Gasteiger partial charge in [-0.05, 0) is 25.1 Å². The van der Waals surface area contributed by atoms with Gasteiger partial charge in [0.1, 0.15) is 5.82 Å². The van der Waals surface area contributed by atoms with E-state index in [1.165, 1.54) is 16.8 Å². The number of hydrogen-bond acceptors (Lipinski definition) is 4. The SMILES string of the molecule is Cc1cc(=O)c(C(=O)N2CCN(Cc3ccccc3F)CC2)nn1-c1ccccc1Cl. The van der Waals surface area contributed by atoms with Crippen LogP contribution in [-0.2, 0) is 6.54 Å². The zero-order valence-electron chi connectivity index (χ0n) is 17.1. The first-order valence-electron chi connectivity index (χ1n) is 10.0. The minimum Gasteiger partial charge on any atom is -0.335 e. The first kappa shape index (κ1) is 21.2. The van der Waals surface area contributed by atoms with Crippen LogP contribution >= 0.6 is 11.6 Å². The molecule has 0 radical (unpaired) electrons. The van der Waals surface area contributed by atoms with Gasteiger partial charge in [0.2, 0.25) is 5.43 Å². The van der Waals surface area contributed by atoms with Gasteiger partial charge in [-0.1, -0.05) is 41.9 Å². The lowest BCUT2D eigenvalue weighted by atomic mass is 10.2. The van der Waals surface area contributed by atoms with Crippen LogP contribution in [0.3, 0.4) is 0 Å². The van der Waals surface area contributed by atoms with Crippen LogP contribution in [0.5, 0.6) is 0 Å². The van der Waals surface area contributed by atoms with Crippen LogP contribution in [-0.4, -0.2) is 51.7 Å². The monoisotopic (exact) mass is 440 g/mol. The standard InChI is InChI=1S/C23H22ClFN4O2/c1-16-14-21(30)22(26-29(16)20-9-5-3-7-18(20)24)23(31)28-12-10-27(11-13-28)15-17-6-2-4-8-19(17)25/h2-9,14H,10-13,15H2,1H3. The molecule has 160 valence electrons. The third kappa shape index (κ3) is 4.52. The molecule has 1 fully saturated rings. The van der Waals surface area contributed by atoms with Crippen LogP contribution in [0.2, 0.25) is 5.02 Å². The van der Waals surface area contributed by atoms with E-state index >= 15 is 0 Å². The average molecular weight is 441 g/mol. The molecule has 1 aromatic heterocycles. The number of aryl methyl sites for hydroxylation is 1. The molecular formula is C23H22ClFN4O2. The second-order valence-electron chi connectivity index (χ2n) is 7.52. The lowest BCUT2D eigenvalue weighted by Crippen LogP contribution is -2.49. The van der Waals surface area contributed by atoms with E-state index in [-0.39, 0.29) is 11.5 Å². The predicted molar refractivity (Wildman–Crippen MR) is 117 cm³/mol. The number of carbonyl (C=O) groups excluding carboxylic acids is 1. The Morgan fingerprint density at radius 2 is 1.74 bits per heavy atom. The second kappa shape index (κ2) is 8.99. The summed E-state index contributed by atoms with van der Waals surface area (Å²) >= 11 is 6.28. The van der Waals surface area contributed by atoms with Crippen molar-refractivity contribution in [2.24, 2.45) is 0 Å². The summed E-state index contributed by atoms with van der Waals surface area (Å²) in [7, 11) is 0. The third-order valence-corrected chi connectivity index (χ3v) is 5.72. The first-order valence-corrected chi connectivity index (χ1v) is 10.4. The van der Waals surface area contributed by atoms with Crippen molar-refractivity contribution >= 4 is 17.5 Å². The topological polar surface area (TPSA) is 58.4 Å². The molecule has 0 unspecified atom stereocenters. The van der Waals surface area contributed by atoms with E-state index in [9.17, 15) is 14.0 Å². The van der Waals surface area contributed by atoms with Gasteiger partial charge in [0.25, 0.3) is 5.91 Å². The predicted octanol–water partition coefficient (Wildman–Crippen LogP) is 3.29. The molecule has 3 aromatic rings. The van der Waals surface area contributed by atoms with Crippen LogP contribution < -0.4 is 5.43 Å². The number of nitrogens with zero attached hydrogens (tertiary/aromatic N) is 4. The maximum Gasteiger partial charge on any atom is 0.278 e. The third-order valence-electron chi connectivity index (χ3n) is 5.40. The number of piperazine rings is 1. The smallest absolute Gasteiger partial charge is 0.278 e. The Labute approximate surface area is 184 Å². The molecule has 0 N–H and O–H groups in total. The molecule has 8 heteroatoms. The van der Waals surface area contributed by atoms with Gasteiger partial charge in [0.15, 0.2) is 5.69 Å². The van der Waals surface area contributed by atoms with Crippen LogP contribution in [0.15, 0.2) is 59.4 Å². The highest BCUT2D eigenvalue weighted by molar-refractivity contribution is 6.32. The molecule has 2 aromatic carbocycles. The fraction of sp³-hybridized carbons (Fsp3) is 0.261. The van der Waals surface area contributed by atoms with Crippen molar-refractivity contribution < 1.29 is 9.18 Å². The number of hydrogen-bond donors (Lipinski definition) is 0. The van der Waals surface area contributed by atoms with E-state index in [2.05, 4.69) is 10.00 Å². The van der Waals surface area contributed by atoms with Gasteiger partial charge in [0.05, 0.1) is 10.7 Å². The van der Waals surface area contributed by atoms with Gasteiger partial charge in [-0.2, -0.15) is 5.10 Å². The molecule has 2 heterocycles. The average Bonchev–Trinajstić information content (AvgIpc) is 2.76. The molecule has 1 saturated heterocycles. The fourth-order valence-electron chi connectivity index (χ4n) is 3.69. The fourth-order valence-corrected chi connectivity index (χ4v) is 3.91. The van der Waals surface area contributed by atoms with E-state index in [1.54, 1.807) is 42.2 Å². The van der Waals surface area contributed by atoms with Crippen molar-refractivity contribution in [3.63, 3.8) is 0 Å². The van der Waals surface area contributed by atoms with Crippen LogP contribution in [0.1, 0.15) is 21.7 Å². The Balaban J connectivity index is 1.50. The van der Waals surface area contributed by atoms with E-state index in [4.69, 9.17) is 11.6 Å². The molecular weight excluding hydrogens is 419 g/mol. The van der Waals surface area contributed by atoms with Gasteiger partial charge in [-0.25, -0.2) is 9.07 Å². The van der Waals surface area contributed by atoms with Crippen LogP contribution in [0, 0.1) is 12.7 Å². The number of carbonyl (C=O) groups is 1. The number of benzene rings is 2. The summed E-state index contributed by atoms with van der Waals surface area (Å²) in [5.41, 5.74) is 1.27. The van der Waals surface area contributed by atoms with E-state index in [0.29, 0.717) is 54.7 Å². The summed E-state index contributed by atoms with van der Waals surface area (Å²) in [5.74, 6) is -0.638. The molecule has 0 atom stereocenters. The maximum atomic E-state index is 13.9. The van der Waals surface area contributed by atoms with Crippen molar-refractivity contribution in [2.45, 2.75) is 13.5 Å². The van der Waals surface area contributed by atoms with Gasteiger partial charge in [-0.3, -0.25) is 14.5 Å². The van der Waals surface area contributed by atoms with Gasteiger partial charge < -0.3 is 4.90 Å². The lowest BCUT2D eigenvalue weighted by molar-refractivity contribution is 0.0618. The molecule has 31 heavy (non-hydrogen) atoms. The summed E-state index contributed by atoms with van der Waals surface area (Å²) in [5, 5.41) is 4.82. The second-order valence-corrected chi connectivity index (χ2v) is 7.93. The number of halogens is 2. The largest absolute Gasteiger partial charge is 0.335 e. The van der Waals surface area contributed by atoms with Gasteiger partial charge >= 0.3 is 0 Å². The van der Waals surface area contributed by atoms with E-state index < -0.39 is 11.3 Å². The Hall–Kier alpha value is -3.03. The molecule has 1 amide bonds. The highest BCUT2D eigenvalue weighted by atomic mass is 35.5. The molecule has 1 aliphatic heterocycles. The van der Waals surface area contributed by atoms with Crippen molar-refractivity contribution in [1.82, 2.24) is 19.6 Å². The summed E-state index contributed by atoms with van der Waals surface area (Å²) < 4.78 is 15.4. The minimum absolute atomic E-state index is 0.131. The molecule has 0 aliphatic carbocycles. The maximum absolute atomic E-state index is 13.9. The molecule has 6 nitrogen and oxygen atoms in total. The van der Waals surface area contributed by atoms with Crippen molar-refractivity contribution in [2.75, 3.05) is 26.2 Å². The number of para-hydroxylation sites is 1.